The molecule has 2 unspecified atom stereocenters. The zero-order valence-corrected chi connectivity index (χ0v) is 11.4. The predicted molar refractivity (Wildman–Crippen MR) is 68.6 cm³/mol. The average Bonchev–Trinajstić information content (AvgIpc) is 2.35. The Labute approximate surface area is 109 Å². The maximum absolute atomic E-state index is 11.5. The summed E-state index contributed by atoms with van der Waals surface area (Å²) in [4.78, 5) is 13.6. The lowest BCUT2D eigenvalue weighted by molar-refractivity contribution is -0.124. The number of methoxy groups -OCH3 is 1. The van der Waals surface area contributed by atoms with Crippen molar-refractivity contribution in [2.24, 2.45) is 0 Å². The van der Waals surface area contributed by atoms with E-state index in [1.54, 1.807) is 14.0 Å². The monoisotopic (exact) mass is 259 g/mol. The van der Waals surface area contributed by atoms with Crippen molar-refractivity contribution in [1.82, 2.24) is 4.90 Å². The lowest BCUT2D eigenvalue weighted by Gasteiger charge is -2.35. The number of hydrogen-bond acceptors (Lipinski definition) is 5. The molecule has 0 aromatic heterocycles. The molecule has 1 rings (SSSR count). The minimum Gasteiger partial charge on any atom is -0.389 e. The third kappa shape index (κ3) is 5.44. The fraction of sp³-hybridized carbons (Fsp3) is 0.923. The maximum Gasteiger partial charge on any atom is 0.146 e. The molecule has 0 saturated carbocycles. The Balaban J connectivity index is 2.27. The van der Waals surface area contributed by atoms with Crippen LogP contribution in [0.4, 0.5) is 0 Å². The van der Waals surface area contributed by atoms with E-state index < -0.39 is 6.10 Å². The summed E-state index contributed by atoms with van der Waals surface area (Å²) in [6, 6.07) is -0.0209. The molecular weight excluding hydrogens is 234 g/mol. The molecule has 1 saturated heterocycles. The number of carbonyl (C=O) groups is 1. The van der Waals surface area contributed by atoms with Gasteiger partial charge in [-0.25, -0.2) is 0 Å². The van der Waals surface area contributed by atoms with E-state index in [-0.39, 0.29) is 11.8 Å². The molecule has 18 heavy (non-hydrogen) atoms. The molecule has 0 spiro atoms. The van der Waals surface area contributed by atoms with Gasteiger partial charge in [-0.15, -0.1) is 0 Å². The second-order valence-corrected chi connectivity index (χ2v) is 4.84. The van der Waals surface area contributed by atoms with Gasteiger partial charge >= 0.3 is 0 Å². The van der Waals surface area contributed by atoms with Gasteiger partial charge in [0.2, 0.25) is 0 Å². The summed E-state index contributed by atoms with van der Waals surface area (Å²) in [5.74, 6) is 0.196. The SMILES string of the molecule is COCCOCC(O)CN1CCCCC1C(C)=O. The Morgan fingerprint density at radius 3 is 2.89 bits per heavy atom. The molecule has 0 aromatic carbocycles. The number of aliphatic hydroxyl groups is 1. The summed E-state index contributed by atoms with van der Waals surface area (Å²) in [5.41, 5.74) is 0. The Kier molecular flexibility index (Phi) is 7.42. The normalized spacial score (nSPS) is 22.9. The molecule has 5 nitrogen and oxygen atoms in total. The van der Waals surface area contributed by atoms with Crippen LogP contribution in [-0.2, 0) is 14.3 Å². The fourth-order valence-electron chi connectivity index (χ4n) is 2.35. The highest BCUT2D eigenvalue weighted by Gasteiger charge is 2.27. The van der Waals surface area contributed by atoms with E-state index >= 15 is 0 Å². The number of piperidine rings is 1. The molecule has 1 aliphatic heterocycles. The third-order valence-corrected chi connectivity index (χ3v) is 3.27. The van der Waals surface area contributed by atoms with Crippen molar-refractivity contribution in [2.75, 3.05) is 40.0 Å². The largest absolute Gasteiger partial charge is 0.389 e. The van der Waals surface area contributed by atoms with Gasteiger partial charge in [0.25, 0.3) is 0 Å². The van der Waals surface area contributed by atoms with Crippen LogP contribution in [-0.4, -0.2) is 68.0 Å². The molecule has 106 valence electrons. The number of hydrogen-bond donors (Lipinski definition) is 1. The summed E-state index contributed by atoms with van der Waals surface area (Å²) in [6.45, 7) is 4.35. The van der Waals surface area contributed by atoms with Crippen LogP contribution in [0.1, 0.15) is 26.2 Å². The molecular formula is C13H25NO4. The molecule has 1 heterocycles. The first-order valence-electron chi connectivity index (χ1n) is 6.64. The number of ketones is 1. The summed E-state index contributed by atoms with van der Waals surface area (Å²) >= 11 is 0. The van der Waals surface area contributed by atoms with Crippen molar-refractivity contribution >= 4 is 5.78 Å². The van der Waals surface area contributed by atoms with Crippen LogP contribution in [0, 0.1) is 0 Å². The quantitative estimate of drug-likeness (QED) is 0.642. The molecule has 5 heteroatoms. The molecule has 1 fully saturated rings. The summed E-state index contributed by atoms with van der Waals surface area (Å²) in [6.07, 6.45) is 2.57. The lowest BCUT2D eigenvalue weighted by atomic mass is 9.99. The van der Waals surface area contributed by atoms with Gasteiger partial charge in [-0.05, 0) is 26.3 Å². The fourth-order valence-corrected chi connectivity index (χ4v) is 2.35. The van der Waals surface area contributed by atoms with Crippen molar-refractivity contribution in [1.29, 1.82) is 0 Å². The topological polar surface area (TPSA) is 59.0 Å². The molecule has 0 bridgehead atoms. The number of β-amino-alcohol motifs (C(OH)–C–C–N with tert-alkyl or cyclic N) is 1. The Bertz CT molecular complexity index is 247. The highest BCUT2D eigenvalue weighted by Crippen LogP contribution is 2.17. The second kappa shape index (κ2) is 8.58. The summed E-state index contributed by atoms with van der Waals surface area (Å²) in [7, 11) is 1.62. The first-order valence-corrected chi connectivity index (χ1v) is 6.64. The number of aliphatic hydroxyl groups excluding tert-OH is 1. The number of rotatable bonds is 8. The number of nitrogens with zero attached hydrogens (tertiary/aromatic N) is 1. The van der Waals surface area contributed by atoms with Gasteiger partial charge in [0.15, 0.2) is 0 Å². The van der Waals surface area contributed by atoms with Gasteiger partial charge in [0.05, 0.1) is 32.0 Å². The van der Waals surface area contributed by atoms with Gasteiger partial charge in [-0.1, -0.05) is 6.42 Å². The third-order valence-electron chi connectivity index (χ3n) is 3.27. The van der Waals surface area contributed by atoms with Crippen LogP contribution in [0.3, 0.4) is 0 Å². The van der Waals surface area contributed by atoms with Crippen LogP contribution < -0.4 is 0 Å². The second-order valence-electron chi connectivity index (χ2n) is 4.84. The van der Waals surface area contributed by atoms with E-state index in [2.05, 4.69) is 4.90 Å². The zero-order valence-electron chi connectivity index (χ0n) is 11.4. The van der Waals surface area contributed by atoms with Gasteiger partial charge in [0.1, 0.15) is 5.78 Å². The molecule has 1 N–H and O–H groups in total. The van der Waals surface area contributed by atoms with E-state index in [0.717, 1.165) is 25.8 Å². The van der Waals surface area contributed by atoms with Crippen molar-refractivity contribution in [2.45, 2.75) is 38.3 Å². The van der Waals surface area contributed by atoms with Crippen LogP contribution in [0.2, 0.25) is 0 Å². The van der Waals surface area contributed by atoms with Crippen molar-refractivity contribution < 1.29 is 19.4 Å². The van der Waals surface area contributed by atoms with Gasteiger partial charge < -0.3 is 14.6 Å². The van der Waals surface area contributed by atoms with Crippen molar-refractivity contribution in [3.63, 3.8) is 0 Å². The van der Waals surface area contributed by atoms with Crippen LogP contribution in [0.15, 0.2) is 0 Å². The minimum atomic E-state index is -0.540. The van der Waals surface area contributed by atoms with E-state index in [1.807, 2.05) is 0 Å². The molecule has 0 radical (unpaired) electrons. The summed E-state index contributed by atoms with van der Waals surface area (Å²) in [5, 5.41) is 9.88. The van der Waals surface area contributed by atoms with Crippen LogP contribution in [0.5, 0.6) is 0 Å². The van der Waals surface area contributed by atoms with Gasteiger partial charge in [-0.2, -0.15) is 0 Å². The molecule has 0 aliphatic carbocycles. The first kappa shape index (κ1) is 15.6. The standard InChI is InChI=1S/C13H25NO4/c1-11(15)13-5-3-4-6-14(13)9-12(16)10-18-8-7-17-2/h12-13,16H,3-10H2,1-2H3. The Hall–Kier alpha value is -0.490. The maximum atomic E-state index is 11.5. The molecule has 0 aromatic rings. The highest BCUT2D eigenvalue weighted by atomic mass is 16.5. The molecule has 2 atom stereocenters. The van der Waals surface area contributed by atoms with Crippen molar-refractivity contribution in [3.05, 3.63) is 0 Å². The van der Waals surface area contributed by atoms with Crippen LogP contribution >= 0.6 is 0 Å². The van der Waals surface area contributed by atoms with E-state index in [4.69, 9.17) is 9.47 Å². The predicted octanol–water partition coefficient (Wildman–Crippen LogP) is 0.454. The minimum absolute atomic E-state index is 0.0209. The van der Waals surface area contributed by atoms with E-state index in [1.165, 1.54) is 0 Å². The number of ether oxygens (including phenoxy) is 2. The van der Waals surface area contributed by atoms with E-state index in [0.29, 0.717) is 26.4 Å². The highest BCUT2D eigenvalue weighted by molar-refractivity contribution is 5.81. The summed E-state index contributed by atoms with van der Waals surface area (Å²) < 4.78 is 10.1. The average molecular weight is 259 g/mol. The van der Waals surface area contributed by atoms with Gasteiger partial charge in [-0.3, -0.25) is 9.69 Å². The zero-order chi connectivity index (χ0) is 13.4. The first-order chi connectivity index (χ1) is 8.65. The van der Waals surface area contributed by atoms with E-state index in [9.17, 15) is 9.90 Å². The molecule has 1 aliphatic rings. The van der Waals surface area contributed by atoms with Crippen LogP contribution in [0.25, 0.3) is 0 Å². The Morgan fingerprint density at radius 1 is 1.44 bits per heavy atom. The number of carbonyl (C=O) groups excluding carboxylic acids is 1. The smallest absolute Gasteiger partial charge is 0.146 e. The van der Waals surface area contributed by atoms with Crippen molar-refractivity contribution in [3.8, 4) is 0 Å². The lowest BCUT2D eigenvalue weighted by Crippen LogP contribution is -2.47. The Morgan fingerprint density at radius 2 is 2.22 bits per heavy atom. The molecule has 0 amide bonds. The number of likely N-dealkylation sites (tertiary alicyclic amines) is 1. The van der Waals surface area contributed by atoms with Gasteiger partial charge in [0, 0.05) is 13.7 Å². The number of Topliss-reactive ketones (excluding diaryl/α,β-unsaturated/α-hetero) is 1.